The third-order valence-corrected chi connectivity index (χ3v) is 3.23. The van der Waals surface area contributed by atoms with E-state index in [1.54, 1.807) is 0 Å². The predicted octanol–water partition coefficient (Wildman–Crippen LogP) is 2.83. The number of thioether (sulfide) groups is 2. The highest BCUT2D eigenvalue weighted by molar-refractivity contribution is 8.02. The zero-order chi connectivity index (χ0) is 7.66. The van der Waals surface area contributed by atoms with Crippen molar-refractivity contribution in [2.45, 2.75) is 13.3 Å². The van der Waals surface area contributed by atoms with Gasteiger partial charge in [0, 0.05) is 11.5 Å². The highest BCUT2D eigenvalue weighted by Gasteiger charge is 1.88. The summed E-state index contributed by atoms with van der Waals surface area (Å²) in [5, 5.41) is 0. The molecule has 3 heteroatoms. The van der Waals surface area contributed by atoms with Gasteiger partial charge < -0.3 is 0 Å². The Kier molecular flexibility index (Phi) is 10.2. The van der Waals surface area contributed by atoms with Crippen molar-refractivity contribution in [1.82, 2.24) is 0 Å². The molecule has 0 aliphatic heterocycles. The Hall–Kier alpha value is 0.630. The van der Waals surface area contributed by atoms with Crippen LogP contribution in [0, 0.1) is 0 Å². The van der Waals surface area contributed by atoms with Gasteiger partial charge in [-0.05, 0) is 17.9 Å². The van der Waals surface area contributed by atoms with Crippen LogP contribution in [-0.2, 0) is 0 Å². The molecule has 0 spiro atoms. The van der Waals surface area contributed by atoms with Crippen LogP contribution in [0.4, 0.5) is 4.39 Å². The molecule has 0 aliphatic carbocycles. The van der Waals surface area contributed by atoms with Gasteiger partial charge in [0.25, 0.3) is 0 Å². The molecule has 0 bridgehead atoms. The van der Waals surface area contributed by atoms with E-state index in [4.69, 9.17) is 0 Å². The second kappa shape index (κ2) is 9.63. The third-order valence-electron chi connectivity index (χ3n) is 0.998. The Morgan fingerprint density at radius 3 is 2.40 bits per heavy atom. The van der Waals surface area contributed by atoms with Gasteiger partial charge in [0.15, 0.2) is 0 Å². The molecular formula is C7H15FS2. The van der Waals surface area contributed by atoms with Crippen molar-refractivity contribution in [2.24, 2.45) is 0 Å². The van der Waals surface area contributed by atoms with Gasteiger partial charge in [-0.3, -0.25) is 4.39 Å². The predicted molar refractivity (Wildman–Crippen MR) is 50.9 cm³/mol. The number of rotatable bonds is 7. The summed E-state index contributed by atoms with van der Waals surface area (Å²) < 4.78 is 11.5. The molecule has 0 rings (SSSR count). The van der Waals surface area contributed by atoms with Gasteiger partial charge >= 0.3 is 0 Å². The van der Waals surface area contributed by atoms with E-state index in [1.165, 1.54) is 17.3 Å². The Balaban J connectivity index is 2.65. The molecule has 0 fully saturated rings. The highest BCUT2D eigenvalue weighted by atomic mass is 32.2. The van der Waals surface area contributed by atoms with Crippen LogP contribution in [0.1, 0.15) is 13.3 Å². The lowest BCUT2D eigenvalue weighted by atomic mass is 10.6. The van der Waals surface area contributed by atoms with Crippen molar-refractivity contribution in [1.29, 1.82) is 0 Å². The summed E-state index contributed by atoms with van der Waals surface area (Å²) >= 11 is 3.81. The third kappa shape index (κ3) is 8.63. The average molecular weight is 182 g/mol. The van der Waals surface area contributed by atoms with Crippen molar-refractivity contribution in [3.05, 3.63) is 0 Å². The fourth-order valence-electron chi connectivity index (χ4n) is 0.521. The first-order chi connectivity index (χ1) is 4.91. The van der Waals surface area contributed by atoms with Gasteiger partial charge in [-0.25, -0.2) is 0 Å². The summed E-state index contributed by atoms with van der Waals surface area (Å²) in [4.78, 5) is 0. The minimum absolute atomic E-state index is 0.159. The van der Waals surface area contributed by atoms with Crippen LogP contribution in [0.25, 0.3) is 0 Å². The van der Waals surface area contributed by atoms with Gasteiger partial charge in [-0.1, -0.05) is 6.92 Å². The van der Waals surface area contributed by atoms with Crippen LogP contribution in [0.15, 0.2) is 0 Å². The summed E-state index contributed by atoms with van der Waals surface area (Å²) in [6.45, 7) is 2.00. The van der Waals surface area contributed by atoms with Crippen LogP contribution in [0.5, 0.6) is 0 Å². The van der Waals surface area contributed by atoms with Crippen LogP contribution in [-0.4, -0.2) is 29.7 Å². The first-order valence-corrected chi connectivity index (χ1v) is 5.94. The molecule has 0 radical (unpaired) electrons. The Morgan fingerprint density at radius 2 is 1.80 bits per heavy atom. The standard InChI is InChI=1S/C7H15FS2/c1-2-9-6-7-10-5-3-4-8/h2-7H2,1H3. The molecule has 0 aliphatic rings. The second-order valence-corrected chi connectivity index (χ2v) is 4.47. The minimum atomic E-state index is -0.159. The van der Waals surface area contributed by atoms with E-state index < -0.39 is 0 Å². The van der Waals surface area contributed by atoms with Crippen molar-refractivity contribution in [3.8, 4) is 0 Å². The van der Waals surface area contributed by atoms with Gasteiger partial charge in [0.2, 0.25) is 0 Å². The quantitative estimate of drug-likeness (QED) is 0.555. The van der Waals surface area contributed by atoms with E-state index in [0.717, 1.165) is 12.2 Å². The SMILES string of the molecule is CCSCCSCCCF. The lowest BCUT2D eigenvalue weighted by molar-refractivity contribution is 0.489. The molecule has 0 heterocycles. The maximum Gasteiger partial charge on any atom is 0.0902 e. The lowest BCUT2D eigenvalue weighted by Crippen LogP contribution is -1.88. The van der Waals surface area contributed by atoms with E-state index in [0.29, 0.717) is 0 Å². The molecule has 0 N–H and O–H groups in total. The smallest absolute Gasteiger partial charge is 0.0902 e. The van der Waals surface area contributed by atoms with Gasteiger partial charge in [0.05, 0.1) is 6.67 Å². The second-order valence-electron chi connectivity index (χ2n) is 1.85. The van der Waals surface area contributed by atoms with Gasteiger partial charge in [0.1, 0.15) is 0 Å². The Bertz CT molecular complexity index is 51.6. The van der Waals surface area contributed by atoms with Crippen LogP contribution in [0.3, 0.4) is 0 Å². The molecule has 0 nitrogen and oxygen atoms in total. The number of hydrogen-bond donors (Lipinski definition) is 0. The summed E-state index contributed by atoms with van der Waals surface area (Å²) in [6, 6.07) is 0. The van der Waals surface area contributed by atoms with Crippen LogP contribution < -0.4 is 0 Å². The largest absolute Gasteiger partial charge is 0.251 e. The van der Waals surface area contributed by atoms with Crippen LogP contribution >= 0.6 is 23.5 Å². The van der Waals surface area contributed by atoms with E-state index >= 15 is 0 Å². The zero-order valence-electron chi connectivity index (χ0n) is 6.44. The summed E-state index contributed by atoms with van der Waals surface area (Å²) in [6.07, 6.45) is 0.724. The summed E-state index contributed by atoms with van der Waals surface area (Å²) in [5.41, 5.74) is 0. The van der Waals surface area contributed by atoms with Crippen molar-refractivity contribution < 1.29 is 4.39 Å². The minimum Gasteiger partial charge on any atom is -0.251 e. The van der Waals surface area contributed by atoms with E-state index in [-0.39, 0.29) is 6.67 Å². The number of alkyl halides is 1. The average Bonchev–Trinajstić information content (AvgIpc) is 1.97. The summed E-state index contributed by atoms with van der Waals surface area (Å²) in [7, 11) is 0. The molecule has 0 saturated heterocycles. The monoisotopic (exact) mass is 182 g/mol. The van der Waals surface area contributed by atoms with Crippen molar-refractivity contribution >= 4 is 23.5 Å². The molecule has 62 valence electrons. The molecule has 0 saturated carbocycles. The molecule has 10 heavy (non-hydrogen) atoms. The van der Waals surface area contributed by atoms with E-state index in [1.807, 2.05) is 23.5 Å². The Morgan fingerprint density at radius 1 is 1.10 bits per heavy atom. The van der Waals surface area contributed by atoms with E-state index in [2.05, 4.69) is 6.92 Å². The molecular weight excluding hydrogens is 167 g/mol. The summed E-state index contributed by atoms with van der Waals surface area (Å²) in [5.74, 6) is 4.58. The van der Waals surface area contributed by atoms with E-state index in [9.17, 15) is 4.39 Å². The van der Waals surface area contributed by atoms with Crippen LogP contribution in [0.2, 0.25) is 0 Å². The molecule has 0 aromatic heterocycles. The number of halogens is 1. The first-order valence-electron chi connectivity index (χ1n) is 3.63. The maximum absolute atomic E-state index is 11.5. The number of hydrogen-bond acceptors (Lipinski definition) is 2. The maximum atomic E-state index is 11.5. The zero-order valence-corrected chi connectivity index (χ0v) is 8.07. The molecule has 0 atom stereocenters. The first kappa shape index (κ1) is 10.6. The molecule has 0 aromatic carbocycles. The van der Waals surface area contributed by atoms with Gasteiger partial charge in [-0.15, -0.1) is 0 Å². The fraction of sp³-hybridized carbons (Fsp3) is 1.00. The molecule has 0 amide bonds. The normalized spacial score (nSPS) is 10.2. The Labute approximate surface area is 71.3 Å². The van der Waals surface area contributed by atoms with Gasteiger partial charge in [-0.2, -0.15) is 23.5 Å². The highest BCUT2D eigenvalue weighted by Crippen LogP contribution is 2.07. The fourth-order valence-corrected chi connectivity index (χ4v) is 2.27. The lowest BCUT2D eigenvalue weighted by Gasteiger charge is -1.97. The van der Waals surface area contributed by atoms with Crippen molar-refractivity contribution in [3.63, 3.8) is 0 Å². The molecule has 0 aromatic rings. The molecule has 0 unspecified atom stereocenters. The topological polar surface area (TPSA) is 0 Å². The van der Waals surface area contributed by atoms with Crippen molar-refractivity contribution in [2.75, 3.05) is 29.7 Å².